The van der Waals surface area contributed by atoms with Crippen LogP contribution in [0.15, 0.2) is 24.3 Å². The minimum absolute atomic E-state index is 0.194. The number of phenols is 4. The number of benzene rings is 2. The molecule has 14 heteroatoms. The molecule has 0 radical (unpaired) electrons. The highest BCUT2D eigenvalue weighted by atomic mass is 32.2. The lowest BCUT2D eigenvalue weighted by atomic mass is 9.62. The third-order valence-electron chi connectivity index (χ3n) is 5.72. The molecule has 2 aromatic carbocycles. The number of nitrogens with one attached hydrogen (secondary N) is 2. The molecule has 0 aliphatic heterocycles. The number of aliphatic hydroxyl groups excluding tert-OH is 2. The molecule has 0 spiro atoms. The van der Waals surface area contributed by atoms with E-state index in [0.29, 0.717) is 0 Å². The number of sulfonamides is 2. The molecule has 8 N–H and O–H groups in total. The molecule has 3 rings (SSSR count). The van der Waals surface area contributed by atoms with E-state index in [-0.39, 0.29) is 34.0 Å². The number of hydrogen-bond donors (Lipinski definition) is 8. The van der Waals surface area contributed by atoms with E-state index in [0.717, 1.165) is 24.3 Å². The van der Waals surface area contributed by atoms with Crippen molar-refractivity contribution in [2.24, 2.45) is 0 Å². The van der Waals surface area contributed by atoms with Crippen LogP contribution in [0.3, 0.4) is 0 Å². The van der Waals surface area contributed by atoms with Crippen LogP contribution < -0.4 is 9.44 Å². The largest absolute Gasteiger partial charge is 0.508 e. The van der Waals surface area contributed by atoms with Gasteiger partial charge in [-0.15, -0.1) is 0 Å². The maximum atomic E-state index is 12.1. The first-order chi connectivity index (χ1) is 15.7. The van der Waals surface area contributed by atoms with Crippen molar-refractivity contribution in [1.82, 2.24) is 0 Å². The van der Waals surface area contributed by atoms with Crippen molar-refractivity contribution in [1.29, 1.82) is 0 Å². The van der Waals surface area contributed by atoms with Gasteiger partial charge >= 0.3 is 0 Å². The van der Waals surface area contributed by atoms with Gasteiger partial charge in [-0.05, 0) is 13.8 Å². The van der Waals surface area contributed by atoms with Crippen LogP contribution in [0.5, 0.6) is 23.0 Å². The van der Waals surface area contributed by atoms with E-state index in [1.54, 1.807) is 0 Å². The molecule has 1 fully saturated rings. The molecule has 1 aliphatic carbocycles. The SMILES string of the molecule is CCS(=O)(=O)Nc1cc(O)cc(O)c1C1C(O)C(c2c(O)cc(O)cc2NS(=O)(=O)CC)C1O. The Labute approximate surface area is 196 Å². The lowest BCUT2D eigenvalue weighted by Crippen LogP contribution is -2.52. The second-order valence-electron chi connectivity index (χ2n) is 7.90. The van der Waals surface area contributed by atoms with Crippen LogP contribution in [0, 0.1) is 0 Å². The zero-order valence-electron chi connectivity index (χ0n) is 18.2. The molecule has 1 saturated carbocycles. The summed E-state index contributed by atoms with van der Waals surface area (Å²) in [7, 11) is -7.74. The van der Waals surface area contributed by atoms with Gasteiger partial charge in [-0.3, -0.25) is 9.44 Å². The molecule has 0 unspecified atom stereocenters. The smallest absolute Gasteiger partial charge is 0.232 e. The van der Waals surface area contributed by atoms with Gasteiger partial charge in [0, 0.05) is 47.2 Å². The summed E-state index contributed by atoms with van der Waals surface area (Å²) in [5.41, 5.74) is -0.912. The summed E-state index contributed by atoms with van der Waals surface area (Å²) in [5, 5.41) is 62.3. The third-order valence-corrected chi connectivity index (χ3v) is 8.30. The average molecular weight is 519 g/mol. The van der Waals surface area contributed by atoms with Crippen molar-refractivity contribution in [3.05, 3.63) is 35.4 Å². The average Bonchev–Trinajstić information content (AvgIpc) is 2.72. The summed E-state index contributed by atoms with van der Waals surface area (Å²) in [6.45, 7) is 2.72. The molecule has 0 bridgehead atoms. The minimum Gasteiger partial charge on any atom is -0.508 e. The van der Waals surface area contributed by atoms with E-state index < -0.39 is 67.1 Å². The normalized spacial score (nSPS) is 22.7. The molecule has 188 valence electrons. The van der Waals surface area contributed by atoms with Crippen LogP contribution >= 0.6 is 0 Å². The number of phenolic OH excluding ortho intramolecular Hbond substituents is 4. The first-order valence-electron chi connectivity index (χ1n) is 10.2. The number of aromatic hydroxyl groups is 4. The van der Waals surface area contributed by atoms with Crippen molar-refractivity contribution in [2.45, 2.75) is 37.9 Å². The van der Waals surface area contributed by atoms with Gasteiger partial charge in [-0.1, -0.05) is 0 Å². The highest BCUT2D eigenvalue weighted by Crippen LogP contribution is 2.56. The highest BCUT2D eigenvalue weighted by molar-refractivity contribution is 7.92. The molecule has 0 aromatic heterocycles. The van der Waals surface area contributed by atoms with Gasteiger partial charge in [0.25, 0.3) is 0 Å². The Morgan fingerprint density at radius 2 is 1.00 bits per heavy atom. The van der Waals surface area contributed by atoms with Crippen molar-refractivity contribution in [3.63, 3.8) is 0 Å². The topological polar surface area (TPSA) is 214 Å². The number of rotatable bonds is 8. The van der Waals surface area contributed by atoms with Gasteiger partial charge < -0.3 is 30.6 Å². The van der Waals surface area contributed by atoms with Crippen LogP contribution in [0.1, 0.15) is 36.8 Å². The molecule has 34 heavy (non-hydrogen) atoms. The summed E-state index contributed by atoms with van der Waals surface area (Å²) in [6, 6.07) is 3.83. The molecule has 1 aliphatic rings. The molecular formula is C20H26N2O10S2. The summed E-state index contributed by atoms with van der Waals surface area (Å²) >= 11 is 0. The Morgan fingerprint density at radius 1 is 0.676 bits per heavy atom. The lowest BCUT2D eigenvalue weighted by Gasteiger charge is -2.48. The van der Waals surface area contributed by atoms with E-state index in [2.05, 4.69) is 9.44 Å². The van der Waals surface area contributed by atoms with Gasteiger partial charge in [0.1, 0.15) is 23.0 Å². The van der Waals surface area contributed by atoms with Gasteiger partial charge in [0.05, 0.1) is 35.1 Å². The Hall–Kier alpha value is -2.94. The first kappa shape index (κ1) is 25.7. The van der Waals surface area contributed by atoms with Crippen molar-refractivity contribution in [2.75, 3.05) is 20.9 Å². The van der Waals surface area contributed by atoms with Gasteiger partial charge in [-0.2, -0.15) is 0 Å². The minimum atomic E-state index is -3.87. The van der Waals surface area contributed by atoms with Crippen molar-refractivity contribution >= 4 is 31.4 Å². The van der Waals surface area contributed by atoms with E-state index in [9.17, 15) is 47.5 Å². The second kappa shape index (κ2) is 9.02. The standard InChI is InChI=1S/C20H26N2O10S2/c1-3-33(29,30)21-11-5-9(23)7-13(25)15(11)17-19(27)18(20(17)28)16-12(22-34(31,32)4-2)6-10(24)8-14(16)26/h5-8,17-28H,3-4H2,1-2H3. The summed E-state index contributed by atoms with van der Waals surface area (Å²) in [4.78, 5) is 0. The summed E-state index contributed by atoms with van der Waals surface area (Å²) in [6.07, 6.45) is -3.06. The Bertz CT molecular complexity index is 1200. The monoisotopic (exact) mass is 518 g/mol. The lowest BCUT2D eigenvalue weighted by molar-refractivity contribution is -0.0793. The van der Waals surface area contributed by atoms with E-state index >= 15 is 0 Å². The molecule has 0 amide bonds. The summed E-state index contributed by atoms with van der Waals surface area (Å²) < 4.78 is 52.7. The first-order valence-corrected chi connectivity index (χ1v) is 13.5. The van der Waals surface area contributed by atoms with Gasteiger partial charge in [-0.25, -0.2) is 16.8 Å². The van der Waals surface area contributed by atoms with E-state index in [1.807, 2.05) is 0 Å². The van der Waals surface area contributed by atoms with Crippen molar-refractivity contribution in [3.8, 4) is 23.0 Å². The maximum Gasteiger partial charge on any atom is 0.232 e. The van der Waals surface area contributed by atoms with Crippen molar-refractivity contribution < 1.29 is 47.5 Å². The van der Waals surface area contributed by atoms with Crippen LogP contribution in [0.4, 0.5) is 11.4 Å². The molecule has 0 heterocycles. The van der Waals surface area contributed by atoms with Crippen LogP contribution in [-0.4, -0.2) is 71.2 Å². The fourth-order valence-electron chi connectivity index (χ4n) is 3.98. The van der Waals surface area contributed by atoms with E-state index in [4.69, 9.17) is 0 Å². The van der Waals surface area contributed by atoms with Gasteiger partial charge in [0.15, 0.2) is 0 Å². The fraction of sp³-hybridized carbons (Fsp3) is 0.400. The predicted octanol–water partition coefficient (Wildman–Crippen LogP) is 0.635. The summed E-state index contributed by atoms with van der Waals surface area (Å²) in [5.74, 6) is -5.35. The Balaban J connectivity index is 2.08. The fourth-order valence-corrected chi connectivity index (χ4v) is 5.28. The quantitative estimate of drug-likeness (QED) is 0.244. The number of anilines is 2. The highest BCUT2D eigenvalue weighted by Gasteiger charge is 2.54. The maximum absolute atomic E-state index is 12.1. The second-order valence-corrected chi connectivity index (χ2v) is 11.9. The third kappa shape index (κ3) is 4.80. The zero-order valence-corrected chi connectivity index (χ0v) is 19.8. The van der Waals surface area contributed by atoms with Gasteiger partial charge in [0.2, 0.25) is 20.0 Å². The molecule has 0 atom stereocenters. The predicted molar refractivity (Wildman–Crippen MR) is 123 cm³/mol. The zero-order chi connectivity index (χ0) is 25.6. The molecule has 12 nitrogen and oxygen atoms in total. The number of aliphatic hydroxyl groups is 2. The van der Waals surface area contributed by atoms with E-state index in [1.165, 1.54) is 13.8 Å². The van der Waals surface area contributed by atoms with Crippen LogP contribution in [-0.2, 0) is 20.0 Å². The molecule has 0 saturated heterocycles. The van der Waals surface area contributed by atoms with Crippen LogP contribution in [0.25, 0.3) is 0 Å². The number of hydrogen-bond acceptors (Lipinski definition) is 10. The Kier molecular flexibility index (Phi) is 6.81. The Morgan fingerprint density at radius 3 is 1.29 bits per heavy atom. The molecular weight excluding hydrogens is 492 g/mol. The molecule has 2 aromatic rings. The van der Waals surface area contributed by atoms with Crippen LogP contribution in [0.2, 0.25) is 0 Å².